The first-order valence-electron chi connectivity index (χ1n) is 9.97. The van der Waals surface area contributed by atoms with E-state index in [1.54, 1.807) is 6.92 Å². The number of nitrogens with zero attached hydrogens (tertiary/aromatic N) is 1. The number of aromatic amines is 1. The molecule has 176 valence electrons. The molecule has 5 nitrogen and oxygen atoms in total. The first-order chi connectivity index (χ1) is 16.0. The number of thiophene rings is 1. The Labute approximate surface area is 205 Å². The highest BCUT2D eigenvalue weighted by Gasteiger charge is 2.31. The Hall–Kier alpha value is -2.82. The molecule has 0 aliphatic heterocycles. The van der Waals surface area contributed by atoms with Gasteiger partial charge in [-0.25, -0.2) is 4.98 Å². The monoisotopic (exact) mass is 523 g/mol. The fourth-order valence-electron chi connectivity index (χ4n) is 3.36. The van der Waals surface area contributed by atoms with E-state index in [0.29, 0.717) is 10.2 Å². The van der Waals surface area contributed by atoms with Gasteiger partial charge in [-0.15, -0.1) is 11.3 Å². The Bertz CT molecular complexity index is 1440. The Kier molecular flexibility index (Phi) is 6.75. The zero-order valence-corrected chi connectivity index (χ0v) is 20.2. The van der Waals surface area contributed by atoms with Crippen LogP contribution in [0.4, 0.5) is 18.9 Å². The van der Waals surface area contributed by atoms with Gasteiger partial charge in [-0.05, 0) is 37.6 Å². The number of thioether (sulfide) groups is 1. The molecule has 11 heteroatoms. The molecule has 4 rings (SSSR count). The molecule has 4 aromatic rings. The van der Waals surface area contributed by atoms with E-state index < -0.39 is 22.9 Å². The van der Waals surface area contributed by atoms with Crippen LogP contribution in [0.1, 0.15) is 17.4 Å². The molecule has 0 fully saturated rings. The number of hydrogen-bond donors (Lipinski definition) is 2. The van der Waals surface area contributed by atoms with E-state index in [1.807, 2.05) is 37.3 Å². The summed E-state index contributed by atoms with van der Waals surface area (Å²) in [5.41, 5.74) is 0.322. The normalized spacial score (nSPS) is 12.6. The van der Waals surface area contributed by atoms with Gasteiger partial charge in [0.2, 0.25) is 5.91 Å². The molecule has 0 radical (unpaired) electrons. The van der Waals surface area contributed by atoms with Crippen LogP contribution in [0.3, 0.4) is 0 Å². The molecule has 34 heavy (non-hydrogen) atoms. The summed E-state index contributed by atoms with van der Waals surface area (Å²) in [5, 5.41) is 2.33. The number of halogens is 4. The summed E-state index contributed by atoms with van der Waals surface area (Å²) < 4.78 is 39.0. The number of hydrogen-bond acceptors (Lipinski definition) is 5. The van der Waals surface area contributed by atoms with Crippen LogP contribution < -0.4 is 10.9 Å². The van der Waals surface area contributed by atoms with Gasteiger partial charge in [-0.3, -0.25) is 9.59 Å². The molecular weight excluding hydrogens is 507 g/mol. The molecule has 1 amide bonds. The highest BCUT2D eigenvalue weighted by Crippen LogP contribution is 2.37. The van der Waals surface area contributed by atoms with E-state index in [0.717, 1.165) is 46.0 Å². The molecular formula is C23H17ClF3N3O2S2. The Morgan fingerprint density at radius 3 is 2.59 bits per heavy atom. The lowest BCUT2D eigenvalue weighted by Gasteiger charge is -2.14. The number of amides is 1. The number of fused-ring (bicyclic) bond motifs is 1. The third-order valence-corrected chi connectivity index (χ3v) is 7.30. The van der Waals surface area contributed by atoms with E-state index in [1.165, 1.54) is 11.3 Å². The summed E-state index contributed by atoms with van der Waals surface area (Å²) in [6.07, 6.45) is -4.57. The van der Waals surface area contributed by atoms with Crippen LogP contribution in [0.5, 0.6) is 0 Å². The van der Waals surface area contributed by atoms with E-state index in [4.69, 9.17) is 11.6 Å². The highest BCUT2D eigenvalue weighted by molar-refractivity contribution is 8.00. The smallest absolute Gasteiger partial charge is 0.324 e. The van der Waals surface area contributed by atoms with Gasteiger partial charge in [0, 0.05) is 10.4 Å². The van der Waals surface area contributed by atoms with Gasteiger partial charge in [0.1, 0.15) is 4.83 Å². The predicted octanol–water partition coefficient (Wildman–Crippen LogP) is 6.75. The minimum Gasteiger partial charge on any atom is -0.324 e. The maximum absolute atomic E-state index is 13.0. The predicted molar refractivity (Wildman–Crippen MR) is 131 cm³/mol. The van der Waals surface area contributed by atoms with Crippen molar-refractivity contribution in [1.82, 2.24) is 9.97 Å². The minimum absolute atomic E-state index is 0.0194. The van der Waals surface area contributed by atoms with E-state index >= 15 is 0 Å². The van der Waals surface area contributed by atoms with Crippen LogP contribution in [0, 0.1) is 6.92 Å². The molecule has 2 aromatic carbocycles. The lowest BCUT2D eigenvalue weighted by atomic mass is 10.0. The number of rotatable bonds is 5. The van der Waals surface area contributed by atoms with Crippen molar-refractivity contribution in [3.8, 4) is 11.1 Å². The fraction of sp³-hybridized carbons (Fsp3) is 0.174. The van der Waals surface area contributed by atoms with Crippen LogP contribution in [-0.4, -0.2) is 21.1 Å². The lowest BCUT2D eigenvalue weighted by molar-refractivity contribution is -0.137. The molecule has 1 atom stereocenters. The maximum atomic E-state index is 13.0. The summed E-state index contributed by atoms with van der Waals surface area (Å²) in [5.74, 6) is -0.582. The number of aryl methyl sites for hydroxylation is 1. The van der Waals surface area contributed by atoms with E-state index in [-0.39, 0.29) is 21.4 Å². The van der Waals surface area contributed by atoms with Crippen molar-refractivity contribution >= 4 is 56.5 Å². The number of carbonyl (C=O) groups is 1. The average molecular weight is 524 g/mol. The molecule has 2 N–H and O–H groups in total. The van der Waals surface area contributed by atoms with Crippen molar-refractivity contribution in [1.29, 1.82) is 0 Å². The Balaban J connectivity index is 1.57. The number of anilines is 1. The van der Waals surface area contributed by atoms with Crippen LogP contribution in [0.25, 0.3) is 21.3 Å². The molecule has 0 saturated heterocycles. The minimum atomic E-state index is -4.57. The molecule has 0 saturated carbocycles. The van der Waals surface area contributed by atoms with Crippen molar-refractivity contribution in [2.75, 3.05) is 5.32 Å². The van der Waals surface area contributed by atoms with Gasteiger partial charge < -0.3 is 10.3 Å². The number of alkyl halides is 3. The second-order valence-corrected chi connectivity index (χ2v) is 10.3. The number of nitrogens with one attached hydrogen (secondary N) is 2. The standard InChI is InChI=1S/C23H17ClF3N3O2S2/c1-11-17(13-6-4-3-5-7-13)18-20(32)29-22(30-21(18)33-11)34-12(2)19(31)28-16-10-14(23(25,26)27)8-9-15(16)24/h3-10,12H,1-2H3,(H,28,31)(H,29,30,32). The number of aromatic nitrogens is 2. The first kappa shape index (κ1) is 24.3. The van der Waals surface area contributed by atoms with Gasteiger partial charge in [0.05, 0.1) is 26.9 Å². The van der Waals surface area contributed by atoms with Gasteiger partial charge in [-0.2, -0.15) is 13.2 Å². The summed E-state index contributed by atoms with van der Waals surface area (Å²) in [6, 6.07) is 12.2. The van der Waals surface area contributed by atoms with Crippen molar-refractivity contribution in [2.45, 2.75) is 30.4 Å². The molecule has 0 aliphatic rings. The van der Waals surface area contributed by atoms with E-state index in [9.17, 15) is 22.8 Å². The summed E-state index contributed by atoms with van der Waals surface area (Å²) in [7, 11) is 0. The molecule has 2 aromatic heterocycles. The SMILES string of the molecule is Cc1sc2nc(SC(C)C(=O)Nc3cc(C(F)(F)F)ccc3Cl)[nH]c(=O)c2c1-c1ccccc1. The van der Waals surface area contributed by atoms with Crippen molar-refractivity contribution in [3.05, 3.63) is 74.3 Å². The highest BCUT2D eigenvalue weighted by atomic mass is 35.5. The van der Waals surface area contributed by atoms with Gasteiger partial charge >= 0.3 is 6.18 Å². The van der Waals surface area contributed by atoms with Gasteiger partial charge in [0.15, 0.2) is 5.16 Å². The number of benzene rings is 2. The largest absolute Gasteiger partial charge is 0.416 e. The summed E-state index contributed by atoms with van der Waals surface area (Å²) in [6.45, 7) is 3.47. The molecule has 2 heterocycles. The lowest BCUT2D eigenvalue weighted by Crippen LogP contribution is -2.23. The molecule has 1 unspecified atom stereocenters. The van der Waals surface area contributed by atoms with Crippen LogP contribution >= 0.6 is 34.7 Å². The number of H-pyrrole nitrogens is 1. The average Bonchev–Trinajstić information content (AvgIpc) is 3.11. The van der Waals surface area contributed by atoms with Crippen molar-refractivity contribution in [3.63, 3.8) is 0 Å². The van der Waals surface area contributed by atoms with Crippen LogP contribution in [0.2, 0.25) is 5.02 Å². The summed E-state index contributed by atoms with van der Waals surface area (Å²) in [4.78, 5) is 34.2. The topological polar surface area (TPSA) is 74.8 Å². The Morgan fingerprint density at radius 1 is 1.21 bits per heavy atom. The van der Waals surface area contributed by atoms with Crippen molar-refractivity contribution < 1.29 is 18.0 Å². The second-order valence-electron chi connectivity index (χ2n) is 7.39. The van der Waals surface area contributed by atoms with Gasteiger partial charge in [-0.1, -0.05) is 53.7 Å². The third-order valence-electron chi connectivity index (χ3n) is 4.99. The number of carbonyl (C=O) groups excluding carboxylic acids is 1. The van der Waals surface area contributed by atoms with Crippen LogP contribution in [-0.2, 0) is 11.0 Å². The summed E-state index contributed by atoms with van der Waals surface area (Å²) >= 11 is 8.33. The zero-order valence-electron chi connectivity index (χ0n) is 17.8. The fourth-order valence-corrected chi connectivity index (χ4v) is 5.42. The molecule has 0 aliphatic carbocycles. The Morgan fingerprint density at radius 2 is 1.91 bits per heavy atom. The maximum Gasteiger partial charge on any atom is 0.416 e. The van der Waals surface area contributed by atoms with E-state index in [2.05, 4.69) is 15.3 Å². The quantitative estimate of drug-likeness (QED) is 0.224. The third kappa shape index (κ3) is 4.98. The molecule has 0 bridgehead atoms. The second kappa shape index (κ2) is 9.44. The molecule has 0 spiro atoms. The van der Waals surface area contributed by atoms with Crippen molar-refractivity contribution in [2.24, 2.45) is 0 Å². The zero-order chi connectivity index (χ0) is 24.6. The van der Waals surface area contributed by atoms with Crippen LogP contribution in [0.15, 0.2) is 58.5 Å². The van der Waals surface area contributed by atoms with Gasteiger partial charge in [0.25, 0.3) is 5.56 Å². The first-order valence-corrected chi connectivity index (χ1v) is 12.0.